The molecule has 1 atom stereocenters. The van der Waals surface area contributed by atoms with Crippen LogP contribution in [-0.2, 0) is 9.47 Å². The Morgan fingerprint density at radius 2 is 1.94 bits per heavy atom. The molecule has 0 radical (unpaired) electrons. The highest BCUT2D eigenvalue weighted by molar-refractivity contribution is 4.70. The Morgan fingerprint density at radius 1 is 1.31 bits per heavy atom. The topological polar surface area (TPSA) is 44.5 Å². The van der Waals surface area contributed by atoms with Crippen LogP contribution in [0.3, 0.4) is 0 Å². The molecule has 1 unspecified atom stereocenters. The van der Waals surface area contributed by atoms with E-state index in [1.165, 1.54) is 0 Å². The lowest BCUT2D eigenvalue weighted by molar-refractivity contribution is -0.175. The fourth-order valence-corrected chi connectivity index (χ4v) is 1.80. The summed E-state index contributed by atoms with van der Waals surface area (Å²) in [5.41, 5.74) is 5.70. The van der Waals surface area contributed by atoms with Crippen molar-refractivity contribution >= 4 is 0 Å². The summed E-state index contributed by atoms with van der Waals surface area (Å²) in [5.74, 6) is 0.457. The van der Waals surface area contributed by atoms with E-state index < -0.39 is 12.8 Å². The molecule has 1 aliphatic rings. The maximum atomic E-state index is 11.8. The third-order valence-electron chi connectivity index (χ3n) is 2.57. The Balaban J connectivity index is 2.08. The molecule has 0 aliphatic carbocycles. The van der Waals surface area contributed by atoms with Gasteiger partial charge in [-0.05, 0) is 25.2 Å². The van der Waals surface area contributed by atoms with Crippen molar-refractivity contribution in [3.63, 3.8) is 0 Å². The van der Waals surface area contributed by atoms with Crippen molar-refractivity contribution in [3.05, 3.63) is 0 Å². The zero-order valence-electron chi connectivity index (χ0n) is 9.13. The summed E-state index contributed by atoms with van der Waals surface area (Å²) in [7, 11) is 0. The van der Waals surface area contributed by atoms with E-state index in [2.05, 4.69) is 4.74 Å². The molecule has 6 heteroatoms. The molecule has 1 heterocycles. The van der Waals surface area contributed by atoms with E-state index >= 15 is 0 Å². The zero-order chi connectivity index (χ0) is 12.0. The van der Waals surface area contributed by atoms with Gasteiger partial charge in [-0.25, -0.2) is 0 Å². The van der Waals surface area contributed by atoms with Crippen LogP contribution in [0.15, 0.2) is 0 Å². The molecule has 0 aromatic carbocycles. The molecule has 0 bridgehead atoms. The monoisotopic (exact) mass is 241 g/mol. The summed E-state index contributed by atoms with van der Waals surface area (Å²) in [6, 6.07) is -0.314. The Hall–Kier alpha value is -0.330. The van der Waals surface area contributed by atoms with E-state index in [0.29, 0.717) is 12.3 Å². The fourth-order valence-electron chi connectivity index (χ4n) is 1.80. The van der Waals surface area contributed by atoms with E-state index in [4.69, 9.17) is 10.5 Å². The second-order valence-corrected chi connectivity index (χ2v) is 4.18. The van der Waals surface area contributed by atoms with Gasteiger partial charge in [0.15, 0.2) is 0 Å². The average molecular weight is 241 g/mol. The summed E-state index contributed by atoms with van der Waals surface area (Å²) < 4.78 is 45.1. The van der Waals surface area contributed by atoms with Gasteiger partial charge in [0.05, 0.1) is 6.61 Å². The third-order valence-corrected chi connectivity index (χ3v) is 2.57. The molecule has 1 rings (SSSR count). The summed E-state index contributed by atoms with van der Waals surface area (Å²) in [6.45, 7) is 0.201. The molecule has 3 nitrogen and oxygen atoms in total. The lowest BCUT2D eigenvalue weighted by Gasteiger charge is -2.24. The Kier molecular flexibility index (Phi) is 5.51. The molecule has 0 aromatic rings. The van der Waals surface area contributed by atoms with Crippen LogP contribution in [0.25, 0.3) is 0 Å². The van der Waals surface area contributed by atoms with Gasteiger partial charge in [-0.3, -0.25) is 0 Å². The quantitative estimate of drug-likeness (QED) is 0.797. The van der Waals surface area contributed by atoms with Crippen LogP contribution in [-0.4, -0.2) is 38.6 Å². The Bertz CT molecular complexity index is 193. The third kappa shape index (κ3) is 6.30. The van der Waals surface area contributed by atoms with Crippen LogP contribution in [0, 0.1) is 5.92 Å². The molecule has 96 valence electrons. The van der Waals surface area contributed by atoms with E-state index in [9.17, 15) is 13.2 Å². The predicted molar refractivity (Wildman–Crippen MR) is 53.0 cm³/mol. The largest absolute Gasteiger partial charge is 0.411 e. The molecular weight excluding hydrogens is 223 g/mol. The van der Waals surface area contributed by atoms with Crippen molar-refractivity contribution in [3.8, 4) is 0 Å². The molecule has 0 aromatic heterocycles. The van der Waals surface area contributed by atoms with Gasteiger partial charge in [-0.15, -0.1) is 0 Å². The first kappa shape index (κ1) is 13.7. The van der Waals surface area contributed by atoms with Crippen molar-refractivity contribution in [1.29, 1.82) is 0 Å². The van der Waals surface area contributed by atoms with Gasteiger partial charge >= 0.3 is 6.18 Å². The second-order valence-electron chi connectivity index (χ2n) is 4.18. The molecule has 16 heavy (non-hydrogen) atoms. The van der Waals surface area contributed by atoms with Crippen LogP contribution in [0.4, 0.5) is 13.2 Å². The van der Waals surface area contributed by atoms with Crippen molar-refractivity contribution < 1.29 is 22.6 Å². The minimum Gasteiger partial charge on any atom is -0.381 e. The Labute approximate surface area is 93.1 Å². The number of hydrogen-bond donors (Lipinski definition) is 1. The number of halogens is 3. The second kappa shape index (κ2) is 6.42. The molecule has 0 amide bonds. The highest BCUT2D eigenvalue weighted by Gasteiger charge is 2.28. The van der Waals surface area contributed by atoms with E-state index in [-0.39, 0.29) is 12.6 Å². The number of ether oxygens (including phenoxy) is 2. The van der Waals surface area contributed by atoms with Gasteiger partial charge in [0, 0.05) is 19.3 Å². The SMILES string of the molecule is NC(COCC(F)(F)F)CC1CCOCC1. The highest BCUT2D eigenvalue weighted by Crippen LogP contribution is 2.20. The standard InChI is InChI=1S/C10H18F3NO2/c11-10(12,13)7-16-6-9(14)5-8-1-3-15-4-2-8/h8-9H,1-7,14H2. The van der Waals surface area contributed by atoms with Crippen LogP contribution in [0.2, 0.25) is 0 Å². The van der Waals surface area contributed by atoms with E-state index in [0.717, 1.165) is 26.1 Å². The smallest absolute Gasteiger partial charge is 0.381 e. The van der Waals surface area contributed by atoms with E-state index in [1.54, 1.807) is 0 Å². The molecule has 1 aliphatic heterocycles. The highest BCUT2D eigenvalue weighted by atomic mass is 19.4. The van der Waals surface area contributed by atoms with Crippen LogP contribution in [0.1, 0.15) is 19.3 Å². The maximum absolute atomic E-state index is 11.8. The van der Waals surface area contributed by atoms with Gasteiger partial charge in [-0.2, -0.15) is 13.2 Å². The van der Waals surface area contributed by atoms with Gasteiger partial charge in [0.1, 0.15) is 6.61 Å². The lowest BCUT2D eigenvalue weighted by atomic mass is 9.93. The number of rotatable bonds is 5. The average Bonchev–Trinajstić information content (AvgIpc) is 2.17. The fraction of sp³-hybridized carbons (Fsp3) is 1.00. The molecular formula is C10H18F3NO2. The summed E-state index contributed by atoms with van der Waals surface area (Å²) in [4.78, 5) is 0. The maximum Gasteiger partial charge on any atom is 0.411 e. The zero-order valence-corrected chi connectivity index (χ0v) is 9.13. The molecule has 1 fully saturated rings. The molecule has 2 N–H and O–H groups in total. The van der Waals surface area contributed by atoms with Crippen molar-refractivity contribution in [2.45, 2.75) is 31.5 Å². The number of alkyl halides is 3. The summed E-state index contributed by atoms with van der Waals surface area (Å²) >= 11 is 0. The van der Waals surface area contributed by atoms with Crippen LogP contribution in [0.5, 0.6) is 0 Å². The van der Waals surface area contributed by atoms with E-state index in [1.807, 2.05) is 0 Å². The normalized spacial score (nSPS) is 21.0. The first-order valence-corrected chi connectivity index (χ1v) is 5.45. The van der Waals surface area contributed by atoms with Crippen LogP contribution >= 0.6 is 0 Å². The first-order valence-electron chi connectivity index (χ1n) is 5.45. The molecule has 1 saturated heterocycles. The molecule has 0 saturated carbocycles. The van der Waals surface area contributed by atoms with Gasteiger partial charge in [0.25, 0.3) is 0 Å². The van der Waals surface area contributed by atoms with Crippen LogP contribution < -0.4 is 5.73 Å². The lowest BCUT2D eigenvalue weighted by Crippen LogP contribution is -2.32. The van der Waals surface area contributed by atoms with Crippen molar-refractivity contribution in [1.82, 2.24) is 0 Å². The van der Waals surface area contributed by atoms with Gasteiger partial charge in [-0.1, -0.05) is 0 Å². The first-order chi connectivity index (χ1) is 7.47. The minimum atomic E-state index is -4.27. The number of hydrogen-bond acceptors (Lipinski definition) is 3. The minimum absolute atomic E-state index is 0.0309. The summed E-state index contributed by atoms with van der Waals surface area (Å²) in [6.07, 6.45) is -1.68. The summed E-state index contributed by atoms with van der Waals surface area (Å²) in [5, 5.41) is 0. The van der Waals surface area contributed by atoms with Crippen molar-refractivity contribution in [2.24, 2.45) is 11.7 Å². The number of nitrogens with two attached hydrogens (primary N) is 1. The predicted octanol–water partition coefficient (Wildman–Crippen LogP) is 1.71. The van der Waals surface area contributed by atoms with Gasteiger partial charge < -0.3 is 15.2 Å². The molecule has 0 spiro atoms. The van der Waals surface area contributed by atoms with Crippen molar-refractivity contribution in [2.75, 3.05) is 26.4 Å². The van der Waals surface area contributed by atoms with Gasteiger partial charge in [0.2, 0.25) is 0 Å². The Morgan fingerprint density at radius 3 is 2.50 bits per heavy atom.